The third kappa shape index (κ3) is 7.82. The van der Waals surface area contributed by atoms with E-state index in [0.29, 0.717) is 6.42 Å². The largest absolute Gasteiger partial charge is 1.00 e. The van der Waals surface area contributed by atoms with E-state index in [1.54, 1.807) is 12.5 Å². The van der Waals surface area contributed by atoms with Crippen LogP contribution >= 0.6 is 7.92 Å². The van der Waals surface area contributed by atoms with Crippen molar-refractivity contribution in [2.45, 2.75) is 12.5 Å². The SMILES string of the molecule is N[C@@H](Cc1c[nH]cn1)[C](=O)[Pd+].[Cl-].c1ccc(P(c2ccccc2)c2ccccc2)cc1. The Bertz CT molecular complexity index is 925. The molecule has 0 spiro atoms. The van der Waals surface area contributed by atoms with Crippen LogP contribution in [0.2, 0.25) is 0 Å². The number of H-pyrrole nitrogens is 1. The fourth-order valence-corrected chi connectivity index (χ4v) is 5.34. The summed E-state index contributed by atoms with van der Waals surface area (Å²) in [6.45, 7) is 0. The first-order valence-electron chi connectivity index (χ1n) is 9.50. The van der Waals surface area contributed by atoms with Gasteiger partial charge in [-0.05, 0) is 23.8 Å². The first-order valence-corrected chi connectivity index (χ1v) is 11.6. The van der Waals surface area contributed by atoms with Crippen molar-refractivity contribution in [3.8, 4) is 0 Å². The van der Waals surface area contributed by atoms with Gasteiger partial charge in [-0.3, -0.25) is 0 Å². The molecular weight excluding hydrogens is 519 g/mol. The van der Waals surface area contributed by atoms with Crippen LogP contribution in [0.15, 0.2) is 104 Å². The predicted octanol–water partition coefficient (Wildman–Crippen LogP) is -0.198. The number of imidazole rings is 1. The molecule has 0 aliphatic heterocycles. The summed E-state index contributed by atoms with van der Waals surface area (Å²) in [5, 5.41) is 4.19. The van der Waals surface area contributed by atoms with E-state index in [0.717, 1.165) is 5.69 Å². The number of nitrogens with one attached hydrogen (secondary N) is 1. The van der Waals surface area contributed by atoms with Crippen LogP contribution in [0.1, 0.15) is 5.69 Å². The number of rotatable bonds is 6. The topological polar surface area (TPSA) is 71.8 Å². The first-order chi connectivity index (χ1) is 14.6. The minimum absolute atomic E-state index is 0. The van der Waals surface area contributed by atoms with E-state index >= 15 is 0 Å². The molecule has 0 radical (unpaired) electrons. The van der Waals surface area contributed by atoms with Crippen molar-refractivity contribution in [1.82, 2.24) is 9.97 Å². The molecule has 4 nitrogen and oxygen atoms in total. The zero-order chi connectivity index (χ0) is 21.2. The maximum Gasteiger partial charge on any atom is -0.0134 e. The summed E-state index contributed by atoms with van der Waals surface area (Å²) >= 11 is 2.52. The first kappa shape index (κ1) is 25.1. The average Bonchev–Trinajstić information content (AvgIpc) is 3.30. The number of benzene rings is 3. The second-order valence-electron chi connectivity index (χ2n) is 6.49. The molecule has 0 amide bonds. The third-order valence-corrected chi connectivity index (χ3v) is 7.32. The summed E-state index contributed by atoms with van der Waals surface area (Å²) in [5.74, 6) is 0. The zero-order valence-corrected chi connectivity index (χ0v) is 19.9. The van der Waals surface area contributed by atoms with Crippen molar-refractivity contribution in [2.75, 3.05) is 0 Å². The van der Waals surface area contributed by atoms with Gasteiger partial charge in [0.05, 0.1) is 0 Å². The molecule has 3 aromatic carbocycles. The number of hydrogen-bond donors (Lipinski definition) is 2. The van der Waals surface area contributed by atoms with E-state index in [4.69, 9.17) is 5.73 Å². The Morgan fingerprint density at radius 2 is 1.29 bits per heavy atom. The van der Waals surface area contributed by atoms with Crippen LogP contribution in [-0.2, 0) is 30.4 Å². The Hall–Kier alpha value is -2.12. The zero-order valence-electron chi connectivity index (χ0n) is 16.7. The van der Waals surface area contributed by atoms with E-state index in [1.807, 2.05) is 0 Å². The number of carbonyl (C=O) groups excluding carboxylic acids is 1. The molecule has 3 N–H and O–H groups in total. The second kappa shape index (κ2) is 13.3. The standard InChI is InChI=1S/C18H15P.C6H8N3O.ClH.Pd/c1-4-10-16(11-5-1)19(17-12-6-2-7-13-17)18-14-8-3-9-15-18;7-5(3-10)1-6-2-8-4-9-6;;/h1-15H;2,4-5H,1,7H2,(H,8,9);1H;/q;;;+1/p-1/t;5-;;/m.0../s1. The molecule has 7 heteroatoms. The molecule has 1 aromatic heterocycles. The van der Waals surface area contributed by atoms with Crippen molar-refractivity contribution >= 4 is 28.1 Å². The smallest absolute Gasteiger partial charge is 0.0134 e. The van der Waals surface area contributed by atoms with Gasteiger partial charge in [0.2, 0.25) is 0 Å². The van der Waals surface area contributed by atoms with Gasteiger partial charge in [-0.25, -0.2) is 0 Å². The summed E-state index contributed by atoms with van der Waals surface area (Å²) in [5.41, 5.74) is 6.27. The molecule has 0 bridgehead atoms. The molecule has 31 heavy (non-hydrogen) atoms. The molecule has 0 fully saturated rings. The van der Waals surface area contributed by atoms with Gasteiger partial charge in [0.25, 0.3) is 0 Å². The van der Waals surface area contributed by atoms with E-state index in [1.165, 1.54) is 15.9 Å². The molecule has 1 heterocycles. The minimum Gasteiger partial charge on any atom is -1.00 e. The maximum atomic E-state index is 10.6. The summed E-state index contributed by atoms with van der Waals surface area (Å²) < 4.78 is -0.156. The summed E-state index contributed by atoms with van der Waals surface area (Å²) in [7, 11) is -0.446. The van der Waals surface area contributed by atoms with Gasteiger partial charge < -0.3 is 12.4 Å². The third-order valence-electron chi connectivity index (χ3n) is 4.30. The van der Waals surface area contributed by atoms with Gasteiger partial charge >= 0.3 is 74.6 Å². The van der Waals surface area contributed by atoms with Gasteiger partial charge in [-0.1, -0.05) is 91.0 Å². The van der Waals surface area contributed by atoms with Crippen LogP contribution in [0.3, 0.4) is 0 Å². The number of aromatic nitrogens is 2. The molecule has 0 saturated heterocycles. The summed E-state index contributed by atoms with van der Waals surface area (Å²) in [4.78, 5) is 17.4. The van der Waals surface area contributed by atoms with Gasteiger partial charge in [0.1, 0.15) is 0 Å². The number of nitrogens with zero attached hydrogens (tertiary/aromatic N) is 1. The van der Waals surface area contributed by atoms with Crippen LogP contribution in [0.5, 0.6) is 0 Å². The van der Waals surface area contributed by atoms with Gasteiger partial charge in [-0.2, -0.15) is 0 Å². The van der Waals surface area contributed by atoms with Crippen LogP contribution in [0.4, 0.5) is 0 Å². The van der Waals surface area contributed by atoms with Crippen molar-refractivity contribution in [3.05, 3.63) is 109 Å². The van der Waals surface area contributed by atoms with Crippen molar-refractivity contribution in [3.63, 3.8) is 0 Å². The van der Waals surface area contributed by atoms with E-state index < -0.39 is 14.0 Å². The Kier molecular flexibility index (Phi) is 10.8. The molecule has 162 valence electrons. The van der Waals surface area contributed by atoms with E-state index in [-0.39, 0.29) is 16.7 Å². The number of halogens is 1. The van der Waals surface area contributed by atoms with Crippen LogP contribution in [0.25, 0.3) is 0 Å². The quantitative estimate of drug-likeness (QED) is 0.262. The Balaban J connectivity index is 0.000000245. The van der Waals surface area contributed by atoms with Crippen LogP contribution < -0.4 is 34.1 Å². The Labute approximate surface area is 201 Å². The number of aromatic amines is 1. The fraction of sp³-hybridized carbons (Fsp3) is 0.0833. The normalized spacial score (nSPS) is 11.1. The number of hydrogen-bond acceptors (Lipinski definition) is 3. The fourth-order valence-electron chi connectivity index (χ4n) is 2.88. The number of nitrogens with two attached hydrogens (primary N) is 1. The molecule has 0 unspecified atom stereocenters. The molecule has 4 aromatic rings. The van der Waals surface area contributed by atoms with Gasteiger partial charge in [-0.15, -0.1) is 0 Å². The molecule has 1 atom stereocenters. The van der Waals surface area contributed by atoms with E-state index in [9.17, 15) is 4.79 Å². The van der Waals surface area contributed by atoms with Crippen LogP contribution in [-0.4, -0.2) is 20.3 Å². The molecule has 4 rings (SSSR count). The van der Waals surface area contributed by atoms with Gasteiger partial charge in [0.15, 0.2) is 0 Å². The summed E-state index contributed by atoms with van der Waals surface area (Å²) in [6.07, 6.45) is 3.76. The van der Waals surface area contributed by atoms with Crippen molar-refractivity contribution in [2.24, 2.45) is 5.73 Å². The maximum absolute atomic E-state index is 10.6. The molecule has 0 saturated carbocycles. The van der Waals surface area contributed by atoms with E-state index in [2.05, 4.69) is 120 Å². The Morgan fingerprint density at radius 1 is 0.871 bits per heavy atom. The van der Waals surface area contributed by atoms with Crippen LogP contribution in [0, 0.1) is 0 Å². The number of carbonyl (C=O) groups is 1. The molecule has 0 aliphatic rings. The Morgan fingerprint density at radius 3 is 1.61 bits per heavy atom. The second-order valence-corrected chi connectivity index (χ2v) is 9.47. The van der Waals surface area contributed by atoms with Gasteiger partial charge in [0, 0.05) is 0 Å². The molecule has 0 aliphatic carbocycles. The summed E-state index contributed by atoms with van der Waals surface area (Å²) in [6, 6.07) is 31.8. The molecular formula is C24H23ClN3OPPd. The predicted molar refractivity (Wildman–Crippen MR) is 120 cm³/mol. The van der Waals surface area contributed by atoms with Crippen molar-refractivity contribution < 1.29 is 36.4 Å². The monoisotopic (exact) mass is 541 g/mol. The van der Waals surface area contributed by atoms with Crippen molar-refractivity contribution in [1.29, 1.82) is 0 Å². The minimum atomic E-state index is -0.485. The average molecular weight is 542 g/mol.